The lowest BCUT2D eigenvalue weighted by Crippen LogP contribution is -2.35. The van der Waals surface area contributed by atoms with Gasteiger partial charge in [-0.2, -0.15) is 0 Å². The SMILES string of the molecule is CCCCCCCCCCCCCCCCCC[N+](C)(C)C.O=P([O-])(Oc1ccccc1)Oc1ccccc1. The maximum Gasteiger partial charge on any atom is 0.372 e. The number of nitrogens with zero attached hydrogens (tertiary/aromatic N) is 1. The first-order valence-corrected chi connectivity index (χ1v) is 16.8. The second kappa shape index (κ2) is 21.9. The lowest BCUT2D eigenvalue weighted by molar-refractivity contribution is -0.870. The fourth-order valence-corrected chi connectivity index (χ4v) is 5.17. The van der Waals surface area contributed by atoms with E-state index in [1.807, 2.05) is 0 Å². The van der Waals surface area contributed by atoms with Crippen LogP contribution < -0.4 is 13.9 Å². The minimum absolute atomic E-state index is 0.224. The van der Waals surface area contributed by atoms with E-state index in [2.05, 4.69) is 28.1 Å². The first-order valence-electron chi connectivity index (χ1n) is 15.3. The molecule has 222 valence electrons. The summed E-state index contributed by atoms with van der Waals surface area (Å²) < 4.78 is 22.2. The molecule has 0 aromatic heterocycles. The summed E-state index contributed by atoms with van der Waals surface area (Å²) in [6.07, 6.45) is 23.4. The van der Waals surface area contributed by atoms with Gasteiger partial charge in [-0.05, 0) is 37.1 Å². The monoisotopic (exact) mass is 561 g/mol. The van der Waals surface area contributed by atoms with E-state index in [-0.39, 0.29) is 11.5 Å². The molecule has 0 radical (unpaired) electrons. The molecule has 39 heavy (non-hydrogen) atoms. The minimum atomic E-state index is -4.39. The fourth-order valence-electron chi connectivity index (χ4n) is 4.37. The Hall–Kier alpha value is -1.81. The summed E-state index contributed by atoms with van der Waals surface area (Å²) in [6, 6.07) is 16.4. The van der Waals surface area contributed by atoms with Gasteiger partial charge in [0.15, 0.2) is 0 Å². The molecule has 0 saturated heterocycles. The van der Waals surface area contributed by atoms with Gasteiger partial charge in [0, 0.05) is 0 Å². The third-order valence-electron chi connectivity index (χ3n) is 6.60. The van der Waals surface area contributed by atoms with Gasteiger partial charge in [-0.25, -0.2) is 4.57 Å². The van der Waals surface area contributed by atoms with E-state index in [1.54, 1.807) is 60.7 Å². The normalized spacial score (nSPS) is 11.5. The molecule has 0 aliphatic rings. The van der Waals surface area contributed by atoms with E-state index in [9.17, 15) is 9.46 Å². The van der Waals surface area contributed by atoms with Gasteiger partial charge < -0.3 is 18.4 Å². The van der Waals surface area contributed by atoms with E-state index >= 15 is 0 Å². The summed E-state index contributed by atoms with van der Waals surface area (Å²) in [5, 5.41) is 0. The predicted molar refractivity (Wildman–Crippen MR) is 164 cm³/mol. The number of unbranched alkanes of at least 4 members (excludes halogenated alkanes) is 15. The molecule has 0 fully saturated rings. The van der Waals surface area contributed by atoms with Crippen molar-refractivity contribution in [3.8, 4) is 11.5 Å². The highest BCUT2D eigenvalue weighted by Gasteiger charge is 2.12. The molecule has 0 aliphatic carbocycles. The third kappa shape index (κ3) is 22.7. The molecule has 0 aliphatic heterocycles. The standard InChI is InChI=1S/C21H46N.C12H11O4P/c1-5-6-7-8-9-10-11-12-13-14-15-16-17-18-19-20-21-22(2,3)4;13-17(14,15-11-7-3-1-4-8-11)16-12-9-5-2-6-10-12/h5-21H2,1-4H3;1-10H,(H,13,14)/q+1;/p-1. The Morgan fingerprint density at radius 2 is 0.872 bits per heavy atom. The average molecular weight is 562 g/mol. The zero-order valence-corrected chi connectivity index (χ0v) is 26.2. The number of hydrogen-bond acceptors (Lipinski definition) is 4. The van der Waals surface area contributed by atoms with Crippen molar-refractivity contribution in [2.75, 3.05) is 27.7 Å². The fraction of sp³-hybridized carbons (Fsp3) is 0.636. The second-order valence-corrected chi connectivity index (χ2v) is 12.8. The van der Waals surface area contributed by atoms with Gasteiger partial charge in [-0.15, -0.1) is 0 Å². The molecule has 0 spiro atoms. The molecular formula is C33H56NO4P. The van der Waals surface area contributed by atoms with Crippen molar-refractivity contribution in [3.05, 3.63) is 60.7 Å². The Kier molecular flexibility index (Phi) is 19.8. The van der Waals surface area contributed by atoms with Gasteiger partial charge >= 0.3 is 7.82 Å². The van der Waals surface area contributed by atoms with Gasteiger partial charge in [-0.1, -0.05) is 133 Å². The Morgan fingerprint density at radius 1 is 0.564 bits per heavy atom. The van der Waals surface area contributed by atoms with Crippen LogP contribution in [0.4, 0.5) is 0 Å². The molecule has 0 saturated carbocycles. The molecule has 0 atom stereocenters. The Labute approximate surface area is 240 Å². The molecule has 0 unspecified atom stereocenters. The topological polar surface area (TPSA) is 58.6 Å². The van der Waals surface area contributed by atoms with Gasteiger partial charge in [0.1, 0.15) is 11.5 Å². The van der Waals surface area contributed by atoms with Crippen molar-refractivity contribution in [2.24, 2.45) is 0 Å². The lowest BCUT2D eigenvalue weighted by atomic mass is 10.0. The molecule has 5 nitrogen and oxygen atoms in total. The molecule has 0 heterocycles. The number of phosphoric ester groups is 1. The van der Waals surface area contributed by atoms with Crippen LogP contribution in [0.1, 0.15) is 110 Å². The van der Waals surface area contributed by atoms with Gasteiger partial charge in [-0.3, -0.25) is 0 Å². The summed E-state index contributed by atoms with van der Waals surface area (Å²) in [5.74, 6) is 0.448. The van der Waals surface area contributed by atoms with Crippen LogP contribution in [0.5, 0.6) is 11.5 Å². The first kappa shape index (κ1) is 35.2. The Balaban J connectivity index is 0.000000400. The van der Waals surface area contributed by atoms with Crippen molar-refractivity contribution in [1.29, 1.82) is 0 Å². The maximum atomic E-state index is 11.6. The van der Waals surface area contributed by atoms with Crippen LogP contribution in [-0.4, -0.2) is 32.2 Å². The number of benzene rings is 2. The molecule has 2 aromatic carbocycles. The molecule has 0 N–H and O–H groups in total. The van der Waals surface area contributed by atoms with E-state index < -0.39 is 7.82 Å². The smallest absolute Gasteiger partial charge is 0.372 e. The predicted octanol–water partition coefficient (Wildman–Crippen LogP) is 9.57. The molecular weight excluding hydrogens is 505 g/mol. The molecule has 0 amide bonds. The van der Waals surface area contributed by atoms with Crippen molar-refractivity contribution >= 4 is 7.82 Å². The summed E-state index contributed by atoms with van der Waals surface area (Å²) in [7, 11) is 2.50. The number of phosphoric acid groups is 1. The largest absolute Gasteiger partial charge is 0.736 e. The quantitative estimate of drug-likeness (QED) is 0.0865. The van der Waals surface area contributed by atoms with Gasteiger partial charge in [0.05, 0.1) is 27.7 Å². The van der Waals surface area contributed by atoms with E-state index in [4.69, 9.17) is 9.05 Å². The first-order chi connectivity index (χ1) is 18.7. The van der Waals surface area contributed by atoms with Crippen molar-refractivity contribution in [1.82, 2.24) is 0 Å². The summed E-state index contributed by atoms with van der Waals surface area (Å²) >= 11 is 0. The van der Waals surface area contributed by atoms with Crippen LogP contribution in [0.25, 0.3) is 0 Å². The average Bonchev–Trinajstić information content (AvgIpc) is 2.89. The zero-order valence-electron chi connectivity index (χ0n) is 25.3. The van der Waals surface area contributed by atoms with E-state index in [1.165, 1.54) is 109 Å². The van der Waals surface area contributed by atoms with Crippen LogP contribution in [0.15, 0.2) is 60.7 Å². The molecule has 2 rings (SSSR count). The number of para-hydroxylation sites is 2. The van der Waals surface area contributed by atoms with Crippen molar-refractivity contribution in [3.63, 3.8) is 0 Å². The van der Waals surface area contributed by atoms with Crippen LogP contribution in [0.2, 0.25) is 0 Å². The van der Waals surface area contributed by atoms with Crippen LogP contribution in [0, 0.1) is 0 Å². The number of quaternary nitrogens is 1. The van der Waals surface area contributed by atoms with Gasteiger partial charge in [0.2, 0.25) is 0 Å². The Morgan fingerprint density at radius 3 is 1.18 bits per heavy atom. The van der Waals surface area contributed by atoms with Crippen LogP contribution in [-0.2, 0) is 4.57 Å². The molecule has 2 aromatic rings. The highest BCUT2D eigenvalue weighted by Crippen LogP contribution is 2.40. The van der Waals surface area contributed by atoms with Crippen LogP contribution in [0.3, 0.4) is 0 Å². The summed E-state index contributed by atoms with van der Waals surface area (Å²) in [5.41, 5.74) is 0. The molecule has 0 bridgehead atoms. The zero-order chi connectivity index (χ0) is 28.7. The van der Waals surface area contributed by atoms with Crippen molar-refractivity contribution < 1.29 is 23.0 Å². The van der Waals surface area contributed by atoms with Gasteiger partial charge in [0.25, 0.3) is 0 Å². The number of hydrogen-bond donors (Lipinski definition) is 0. The third-order valence-corrected chi connectivity index (χ3v) is 7.47. The van der Waals surface area contributed by atoms with E-state index in [0.717, 1.165) is 4.48 Å². The van der Waals surface area contributed by atoms with E-state index in [0.29, 0.717) is 0 Å². The summed E-state index contributed by atoms with van der Waals surface area (Å²) in [6.45, 7) is 3.63. The maximum absolute atomic E-state index is 11.6. The van der Waals surface area contributed by atoms with Crippen LogP contribution >= 0.6 is 7.82 Å². The summed E-state index contributed by atoms with van der Waals surface area (Å²) in [4.78, 5) is 11.6. The minimum Gasteiger partial charge on any atom is -0.736 e. The highest BCUT2D eigenvalue weighted by molar-refractivity contribution is 7.46. The number of rotatable bonds is 21. The lowest BCUT2D eigenvalue weighted by Gasteiger charge is -2.23. The highest BCUT2D eigenvalue weighted by atomic mass is 31.2. The second-order valence-electron chi connectivity index (χ2n) is 11.6. The molecule has 6 heteroatoms. The van der Waals surface area contributed by atoms with Crippen molar-refractivity contribution in [2.45, 2.75) is 110 Å². The Bertz CT molecular complexity index is 810.